The minimum Gasteiger partial charge on any atom is -0.394 e. The topological polar surface area (TPSA) is 140 Å². The predicted octanol–water partition coefficient (Wildman–Crippen LogP) is -2.29. The normalized spacial score (nSPS) is 31.7. The molecule has 0 spiro atoms. The summed E-state index contributed by atoms with van der Waals surface area (Å²) in [5.74, 6) is 0.136. The van der Waals surface area contributed by atoms with E-state index in [4.69, 9.17) is 33.5 Å². The van der Waals surface area contributed by atoms with Crippen molar-refractivity contribution >= 4 is 23.0 Å². The zero-order valence-corrected chi connectivity index (χ0v) is 10.1. The Morgan fingerprint density at radius 3 is 2.61 bits per heavy atom. The van der Waals surface area contributed by atoms with Gasteiger partial charge in [0.15, 0.2) is 6.23 Å². The number of hydrogen-bond acceptors (Lipinski definition) is 7. The smallest absolute Gasteiger partial charge is 0.165 e. The number of nitrogens with zero attached hydrogens (tertiary/aromatic N) is 2. The van der Waals surface area contributed by atoms with Crippen LogP contribution in [0, 0.1) is 0 Å². The van der Waals surface area contributed by atoms with Crippen LogP contribution >= 0.6 is 12.2 Å². The number of aliphatic hydroxyl groups is 3. The highest BCUT2D eigenvalue weighted by molar-refractivity contribution is 7.80. The summed E-state index contributed by atoms with van der Waals surface area (Å²) >= 11 is 4.77. The molecule has 100 valence electrons. The lowest BCUT2D eigenvalue weighted by atomic mass is 10.1. The van der Waals surface area contributed by atoms with Gasteiger partial charge >= 0.3 is 0 Å². The summed E-state index contributed by atoms with van der Waals surface area (Å²) in [6, 6.07) is 0. The van der Waals surface area contributed by atoms with Gasteiger partial charge in [0.05, 0.1) is 12.9 Å². The van der Waals surface area contributed by atoms with E-state index in [1.165, 1.54) is 10.9 Å². The second kappa shape index (κ2) is 4.78. The van der Waals surface area contributed by atoms with Crippen LogP contribution < -0.4 is 11.5 Å². The van der Waals surface area contributed by atoms with E-state index in [1.54, 1.807) is 0 Å². The number of hydrogen-bond donors (Lipinski definition) is 5. The molecule has 8 nitrogen and oxygen atoms in total. The van der Waals surface area contributed by atoms with Crippen LogP contribution in [0.1, 0.15) is 11.9 Å². The second-order valence-corrected chi connectivity index (χ2v) is 4.42. The van der Waals surface area contributed by atoms with E-state index in [2.05, 4.69) is 4.98 Å². The number of ether oxygens (including phenoxy) is 1. The minimum absolute atomic E-state index is 0.0259. The number of aromatic nitrogens is 2. The highest BCUT2D eigenvalue weighted by Gasteiger charge is 2.44. The summed E-state index contributed by atoms with van der Waals surface area (Å²) in [5, 5.41) is 28.5. The lowest BCUT2D eigenvalue weighted by molar-refractivity contribution is -0.0517. The standard InChI is InChI=1S/C9H14N4O4S/c10-7-4(8(11)18)12-2-13(7)9-6(16)5(15)3(1-14)17-9/h2-3,5-6,9,14-16H,1,10H2,(H2,11,18). The van der Waals surface area contributed by atoms with E-state index >= 15 is 0 Å². The van der Waals surface area contributed by atoms with Gasteiger partial charge in [0.25, 0.3) is 0 Å². The van der Waals surface area contributed by atoms with Gasteiger partial charge in [0, 0.05) is 0 Å². The fourth-order valence-corrected chi connectivity index (χ4v) is 2.03. The molecule has 0 saturated carbocycles. The average Bonchev–Trinajstić information content (AvgIpc) is 2.82. The molecule has 4 unspecified atom stereocenters. The van der Waals surface area contributed by atoms with E-state index in [-0.39, 0.29) is 16.5 Å². The Hall–Kier alpha value is -1.26. The number of nitrogen functional groups attached to an aromatic ring is 1. The van der Waals surface area contributed by atoms with E-state index in [9.17, 15) is 10.2 Å². The van der Waals surface area contributed by atoms with Crippen LogP contribution in [0.4, 0.5) is 5.82 Å². The second-order valence-electron chi connectivity index (χ2n) is 3.98. The quantitative estimate of drug-likeness (QED) is 0.388. The Labute approximate surface area is 108 Å². The highest BCUT2D eigenvalue weighted by atomic mass is 32.1. The van der Waals surface area contributed by atoms with Gasteiger partial charge in [-0.05, 0) is 0 Å². The Kier molecular flexibility index (Phi) is 3.50. The largest absolute Gasteiger partial charge is 0.394 e. The Morgan fingerprint density at radius 2 is 2.17 bits per heavy atom. The maximum Gasteiger partial charge on any atom is 0.165 e. The summed E-state index contributed by atoms with van der Waals surface area (Å²) in [4.78, 5) is 3.93. The van der Waals surface area contributed by atoms with Gasteiger partial charge in [-0.2, -0.15) is 0 Å². The molecule has 1 aliphatic rings. The molecule has 0 radical (unpaired) electrons. The van der Waals surface area contributed by atoms with E-state index in [1.807, 2.05) is 0 Å². The first-order chi connectivity index (χ1) is 8.47. The van der Waals surface area contributed by atoms with Crippen molar-refractivity contribution < 1.29 is 20.1 Å². The molecule has 7 N–H and O–H groups in total. The van der Waals surface area contributed by atoms with Gasteiger partial charge in [0.2, 0.25) is 0 Å². The van der Waals surface area contributed by atoms with Crippen LogP contribution in [-0.4, -0.2) is 54.8 Å². The number of anilines is 1. The molecular formula is C9H14N4O4S. The lowest BCUT2D eigenvalue weighted by Crippen LogP contribution is -2.33. The number of imidazole rings is 1. The third-order valence-corrected chi connectivity index (χ3v) is 3.05. The summed E-state index contributed by atoms with van der Waals surface area (Å²) in [6.45, 7) is -0.411. The number of aliphatic hydroxyl groups excluding tert-OH is 3. The maximum atomic E-state index is 9.83. The van der Waals surface area contributed by atoms with Gasteiger partial charge in [-0.1, -0.05) is 12.2 Å². The van der Waals surface area contributed by atoms with E-state index in [0.29, 0.717) is 0 Å². The first-order valence-corrected chi connectivity index (χ1v) is 5.62. The Bertz CT molecular complexity index is 465. The van der Waals surface area contributed by atoms with Gasteiger partial charge in [-0.15, -0.1) is 0 Å². The van der Waals surface area contributed by atoms with Crippen molar-refractivity contribution in [3.05, 3.63) is 12.0 Å². The van der Waals surface area contributed by atoms with Crippen molar-refractivity contribution in [2.75, 3.05) is 12.3 Å². The zero-order chi connectivity index (χ0) is 13.4. The van der Waals surface area contributed by atoms with Crippen LogP contribution in [0.3, 0.4) is 0 Å². The van der Waals surface area contributed by atoms with Crippen LogP contribution in [-0.2, 0) is 4.74 Å². The van der Waals surface area contributed by atoms with Crippen molar-refractivity contribution in [2.45, 2.75) is 24.5 Å². The predicted molar refractivity (Wildman–Crippen MR) is 65.5 cm³/mol. The SMILES string of the molecule is NC(=S)c1ncn(C2OC(CO)C(O)C2O)c1N. The fraction of sp³-hybridized carbons (Fsp3) is 0.556. The van der Waals surface area contributed by atoms with Crippen molar-refractivity contribution in [3.63, 3.8) is 0 Å². The molecule has 0 aliphatic carbocycles. The van der Waals surface area contributed by atoms with Gasteiger partial charge in [-0.25, -0.2) is 4.98 Å². The molecule has 4 atom stereocenters. The molecule has 9 heteroatoms. The molecule has 1 aromatic heterocycles. The molecule has 0 bridgehead atoms. The van der Waals surface area contributed by atoms with Crippen molar-refractivity contribution in [1.82, 2.24) is 9.55 Å². The molecule has 1 aromatic rings. The molecule has 2 heterocycles. The third-order valence-electron chi connectivity index (χ3n) is 2.86. The number of thiocarbonyl (C=S) groups is 1. The van der Waals surface area contributed by atoms with Gasteiger partial charge in [-0.3, -0.25) is 4.57 Å². The fourth-order valence-electron chi connectivity index (χ4n) is 1.87. The van der Waals surface area contributed by atoms with Crippen LogP contribution in [0.15, 0.2) is 6.33 Å². The Balaban J connectivity index is 2.30. The highest BCUT2D eigenvalue weighted by Crippen LogP contribution is 2.31. The summed E-state index contributed by atoms with van der Waals surface area (Å²) in [7, 11) is 0. The zero-order valence-electron chi connectivity index (χ0n) is 9.30. The monoisotopic (exact) mass is 274 g/mol. The minimum atomic E-state index is -1.22. The third kappa shape index (κ3) is 1.95. The Morgan fingerprint density at radius 1 is 1.50 bits per heavy atom. The van der Waals surface area contributed by atoms with E-state index < -0.39 is 31.1 Å². The van der Waals surface area contributed by atoms with Crippen molar-refractivity contribution in [1.29, 1.82) is 0 Å². The number of nitrogens with two attached hydrogens (primary N) is 2. The van der Waals surface area contributed by atoms with Crippen LogP contribution in [0.25, 0.3) is 0 Å². The maximum absolute atomic E-state index is 9.83. The van der Waals surface area contributed by atoms with Gasteiger partial charge < -0.3 is 31.5 Å². The first kappa shape index (κ1) is 13.2. The molecular weight excluding hydrogens is 260 g/mol. The molecule has 0 aromatic carbocycles. The van der Waals surface area contributed by atoms with Crippen molar-refractivity contribution in [2.24, 2.45) is 5.73 Å². The van der Waals surface area contributed by atoms with E-state index in [0.717, 1.165) is 0 Å². The molecule has 1 saturated heterocycles. The van der Waals surface area contributed by atoms with Crippen LogP contribution in [0.2, 0.25) is 0 Å². The molecule has 2 rings (SSSR count). The summed E-state index contributed by atoms with van der Waals surface area (Å²) < 4.78 is 6.62. The molecule has 18 heavy (non-hydrogen) atoms. The molecule has 1 aliphatic heterocycles. The lowest BCUT2D eigenvalue weighted by Gasteiger charge is -2.17. The van der Waals surface area contributed by atoms with Crippen LogP contribution in [0.5, 0.6) is 0 Å². The molecule has 0 amide bonds. The number of rotatable bonds is 3. The van der Waals surface area contributed by atoms with Gasteiger partial charge in [0.1, 0.15) is 34.8 Å². The summed E-state index contributed by atoms with van der Waals surface area (Å²) in [5.41, 5.74) is 11.4. The average molecular weight is 274 g/mol. The summed E-state index contributed by atoms with van der Waals surface area (Å²) in [6.07, 6.45) is -2.93. The first-order valence-electron chi connectivity index (χ1n) is 5.22. The van der Waals surface area contributed by atoms with Crippen molar-refractivity contribution in [3.8, 4) is 0 Å². The molecule has 1 fully saturated rings.